The van der Waals surface area contributed by atoms with Crippen LogP contribution in [0.15, 0.2) is 42.5 Å². The molecule has 2 aromatic rings. The second-order valence-corrected chi connectivity index (χ2v) is 8.68. The summed E-state index contributed by atoms with van der Waals surface area (Å²) < 4.78 is 5.36. The van der Waals surface area contributed by atoms with Crippen LogP contribution < -0.4 is 10.1 Å². The SMILES string of the molecule is CN(C(=O)Cc1ccc2c(c1)NC(=O)C2)C(CN1CCCC1)c1cccc(OCC(=O)O)c1.Cl. The van der Waals surface area contributed by atoms with Gasteiger partial charge in [0.15, 0.2) is 6.61 Å². The van der Waals surface area contributed by atoms with E-state index in [-0.39, 0.29) is 36.7 Å². The molecule has 0 saturated carbocycles. The molecule has 2 heterocycles. The molecule has 182 valence electrons. The summed E-state index contributed by atoms with van der Waals surface area (Å²) in [5, 5.41) is 11.7. The Morgan fingerprint density at radius 1 is 1.18 bits per heavy atom. The van der Waals surface area contributed by atoms with Crippen LogP contribution in [0.25, 0.3) is 0 Å². The Bertz CT molecular complexity index is 1050. The monoisotopic (exact) mass is 487 g/mol. The van der Waals surface area contributed by atoms with Gasteiger partial charge in [-0.05, 0) is 60.8 Å². The van der Waals surface area contributed by atoms with Crippen molar-refractivity contribution in [3.05, 3.63) is 59.2 Å². The summed E-state index contributed by atoms with van der Waals surface area (Å²) >= 11 is 0. The molecule has 9 heteroatoms. The Morgan fingerprint density at radius 3 is 2.68 bits per heavy atom. The number of amides is 2. The van der Waals surface area contributed by atoms with Crippen LogP contribution >= 0.6 is 12.4 Å². The van der Waals surface area contributed by atoms with Gasteiger partial charge in [-0.15, -0.1) is 12.4 Å². The molecule has 0 radical (unpaired) electrons. The molecule has 4 rings (SSSR count). The van der Waals surface area contributed by atoms with E-state index in [9.17, 15) is 14.4 Å². The molecule has 0 aromatic heterocycles. The largest absolute Gasteiger partial charge is 0.482 e. The van der Waals surface area contributed by atoms with E-state index >= 15 is 0 Å². The van der Waals surface area contributed by atoms with Crippen LogP contribution in [0.2, 0.25) is 0 Å². The minimum Gasteiger partial charge on any atom is -0.482 e. The smallest absolute Gasteiger partial charge is 0.341 e. The zero-order valence-corrected chi connectivity index (χ0v) is 20.0. The number of halogens is 1. The number of rotatable bonds is 9. The predicted molar refractivity (Wildman–Crippen MR) is 130 cm³/mol. The number of fused-ring (bicyclic) bond motifs is 1. The third kappa shape index (κ3) is 6.27. The van der Waals surface area contributed by atoms with Gasteiger partial charge >= 0.3 is 5.97 Å². The first-order valence-corrected chi connectivity index (χ1v) is 11.2. The van der Waals surface area contributed by atoms with Crippen LogP contribution in [-0.4, -0.2) is 66.0 Å². The van der Waals surface area contributed by atoms with E-state index in [2.05, 4.69) is 10.2 Å². The Labute approximate surface area is 205 Å². The molecule has 2 amide bonds. The van der Waals surface area contributed by atoms with Gasteiger partial charge in [-0.2, -0.15) is 0 Å². The molecule has 1 unspecified atom stereocenters. The number of likely N-dealkylation sites (N-methyl/N-ethyl adjacent to an activating group) is 1. The number of hydrogen-bond donors (Lipinski definition) is 2. The van der Waals surface area contributed by atoms with Gasteiger partial charge in [-0.1, -0.05) is 24.3 Å². The molecule has 0 spiro atoms. The quantitative estimate of drug-likeness (QED) is 0.564. The summed E-state index contributed by atoms with van der Waals surface area (Å²) in [6, 6.07) is 12.8. The maximum absolute atomic E-state index is 13.3. The van der Waals surface area contributed by atoms with Gasteiger partial charge in [-0.25, -0.2) is 4.79 Å². The fourth-order valence-corrected chi connectivity index (χ4v) is 4.46. The van der Waals surface area contributed by atoms with Crippen LogP contribution in [0.1, 0.15) is 35.6 Å². The van der Waals surface area contributed by atoms with Gasteiger partial charge in [0.2, 0.25) is 11.8 Å². The molecule has 1 atom stereocenters. The highest BCUT2D eigenvalue weighted by atomic mass is 35.5. The second kappa shape index (κ2) is 11.4. The summed E-state index contributed by atoms with van der Waals surface area (Å²) in [6.07, 6.45) is 2.90. The second-order valence-electron chi connectivity index (χ2n) is 8.68. The van der Waals surface area contributed by atoms with E-state index in [1.165, 1.54) is 0 Å². The maximum Gasteiger partial charge on any atom is 0.341 e. The number of carbonyl (C=O) groups is 3. The van der Waals surface area contributed by atoms with Crippen LogP contribution in [0.4, 0.5) is 5.69 Å². The van der Waals surface area contributed by atoms with Crippen LogP contribution in [0.5, 0.6) is 5.75 Å². The average molecular weight is 488 g/mol. The van der Waals surface area contributed by atoms with Crippen LogP contribution in [-0.2, 0) is 27.2 Å². The lowest BCUT2D eigenvalue weighted by atomic mass is 10.0. The number of aliphatic carboxylic acids is 1. The van der Waals surface area contributed by atoms with Gasteiger partial charge in [0.05, 0.1) is 18.9 Å². The van der Waals surface area contributed by atoms with Crippen molar-refractivity contribution in [2.45, 2.75) is 31.7 Å². The lowest BCUT2D eigenvalue weighted by Crippen LogP contribution is -2.39. The van der Waals surface area contributed by atoms with E-state index in [0.29, 0.717) is 18.7 Å². The molecular weight excluding hydrogens is 458 g/mol. The molecule has 1 fully saturated rings. The summed E-state index contributed by atoms with van der Waals surface area (Å²) in [5.41, 5.74) is 3.49. The normalized spacial score (nSPS) is 15.7. The van der Waals surface area contributed by atoms with Crippen molar-refractivity contribution in [3.63, 3.8) is 0 Å². The minimum atomic E-state index is -1.04. The van der Waals surface area contributed by atoms with E-state index in [4.69, 9.17) is 9.84 Å². The van der Waals surface area contributed by atoms with E-state index in [1.54, 1.807) is 11.0 Å². The maximum atomic E-state index is 13.3. The molecule has 0 aliphatic carbocycles. The van der Waals surface area contributed by atoms with Crippen LogP contribution in [0, 0.1) is 0 Å². The number of nitrogens with one attached hydrogen (secondary N) is 1. The third-order valence-electron chi connectivity index (χ3n) is 6.25. The van der Waals surface area contributed by atoms with Gasteiger partial charge in [0.25, 0.3) is 0 Å². The highest BCUT2D eigenvalue weighted by Gasteiger charge is 2.26. The lowest BCUT2D eigenvalue weighted by molar-refractivity contribution is -0.139. The first-order chi connectivity index (χ1) is 15.9. The number of carboxylic acid groups (broad SMARTS) is 1. The first kappa shape index (κ1) is 25.5. The lowest BCUT2D eigenvalue weighted by Gasteiger charge is -2.32. The molecular formula is C25H30ClN3O5. The van der Waals surface area contributed by atoms with Crippen molar-refractivity contribution in [3.8, 4) is 5.75 Å². The van der Waals surface area contributed by atoms with E-state index in [0.717, 1.165) is 48.3 Å². The van der Waals surface area contributed by atoms with Crippen molar-refractivity contribution in [1.82, 2.24) is 9.80 Å². The number of anilines is 1. The standard InChI is InChI=1S/C25H29N3O5.ClH/c1-27(24(30)12-17-7-8-18-14-23(29)26-21(18)11-17)22(15-28-9-2-3-10-28)19-5-4-6-20(13-19)33-16-25(31)32;/h4-8,11,13,22H,2-3,9-10,12,14-16H2,1H3,(H,26,29)(H,31,32);1H. The molecule has 8 nitrogen and oxygen atoms in total. The van der Waals surface area contributed by atoms with Gasteiger partial charge < -0.3 is 25.0 Å². The van der Waals surface area contributed by atoms with Crippen molar-refractivity contribution >= 4 is 35.9 Å². The predicted octanol–water partition coefficient (Wildman–Crippen LogP) is 2.90. The Kier molecular flexibility index (Phi) is 8.52. The number of hydrogen-bond acceptors (Lipinski definition) is 5. The van der Waals surface area contributed by atoms with Gasteiger partial charge in [-0.3, -0.25) is 9.59 Å². The number of ether oxygens (including phenoxy) is 1. The topological polar surface area (TPSA) is 99.2 Å². The van der Waals surface area contributed by atoms with Crippen LogP contribution in [0.3, 0.4) is 0 Å². The Hall–Kier alpha value is -3.10. The molecule has 2 aliphatic rings. The van der Waals surface area contributed by atoms with E-state index in [1.807, 2.05) is 43.4 Å². The van der Waals surface area contributed by atoms with Gasteiger partial charge in [0, 0.05) is 19.3 Å². The fourth-order valence-electron chi connectivity index (χ4n) is 4.46. The molecule has 0 bridgehead atoms. The number of carboxylic acids is 1. The number of benzene rings is 2. The summed E-state index contributed by atoms with van der Waals surface area (Å²) in [4.78, 5) is 39.9. The number of carbonyl (C=O) groups excluding carboxylic acids is 2. The zero-order valence-electron chi connectivity index (χ0n) is 19.2. The highest BCUT2D eigenvalue weighted by molar-refractivity contribution is 5.99. The highest BCUT2D eigenvalue weighted by Crippen LogP contribution is 2.28. The zero-order chi connectivity index (χ0) is 23.4. The van der Waals surface area contributed by atoms with Crippen molar-refractivity contribution in [2.24, 2.45) is 0 Å². The van der Waals surface area contributed by atoms with E-state index < -0.39 is 12.6 Å². The van der Waals surface area contributed by atoms with Crippen molar-refractivity contribution < 1.29 is 24.2 Å². The Balaban J connectivity index is 0.00000324. The summed E-state index contributed by atoms with van der Waals surface area (Å²) in [7, 11) is 1.81. The van der Waals surface area contributed by atoms with Crippen molar-refractivity contribution in [1.29, 1.82) is 0 Å². The minimum absolute atomic E-state index is 0. The molecule has 2 aliphatic heterocycles. The number of likely N-dealkylation sites (tertiary alicyclic amines) is 1. The summed E-state index contributed by atoms with van der Waals surface area (Å²) in [6.45, 7) is 2.28. The fraction of sp³-hybridized carbons (Fsp3) is 0.400. The average Bonchev–Trinajstić information content (AvgIpc) is 3.44. The Morgan fingerprint density at radius 2 is 1.94 bits per heavy atom. The molecule has 34 heavy (non-hydrogen) atoms. The molecule has 1 saturated heterocycles. The van der Waals surface area contributed by atoms with Crippen molar-refractivity contribution in [2.75, 3.05) is 38.6 Å². The molecule has 2 aromatic carbocycles. The third-order valence-corrected chi connectivity index (χ3v) is 6.25. The first-order valence-electron chi connectivity index (χ1n) is 11.2. The number of nitrogens with zero attached hydrogens (tertiary/aromatic N) is 2. The molecule has 2 N–H and O–H groups in total. The summed E-state index contributed by atoms with van der Waals surface area (Å²) in [5.74, 6) is -0.620. The van der Waals surface area contributed by atoms with Gasteiger partial charge in [0.1, 0.15) is 5.75 Å².